The molecule has 0 amide bonds. The lowest BCUT2D eigenvalue weighted by molar-refractivity contribution is -0.239. The van der Waals surface area contributed by atoms with Crippen LogP contribution in [0.1, 0.15) is 208 Å². The van der Waals surface area contributed by atoms with Crippen LogP contribution in [-0.4, -0.2) is 91.9 Å². The van der Waals surface area contributed by atoms with Crippen molar-refractivity contribution in [1.82, 2.24) is 0 Å². The molecule has 2 heterocycles. The number of aliphatic hydroxyl groups excluding tert-OH is 6. The minimum absolute atomic E-state index is 0.0678. The van der Waals surface area contributed by atoms with Crippen molar-refractivity contribution in [3.63, 3.8) is 0 Å². The second kappa shape index (κ2) is 31.4. The van der Waals surface area contributed by atoms with Crippen LogP contribution in [-0.2, 0) is 28.5 Å². The molecule has 0 radical (unpaired) electrons. The molecule has 0 aromatic heterocycles. The van der Waals surface area contributed by atoms with E-state index in [9.17, 15) is 19.8 Å². The van der Waals surface area contributed by atoms with Gasteiger partial charge in [0.1, 0.15) is 11.7 Å². The van der Waals surface area contributed by atoms with Crippen molar-refractivity contribution in [2.24, 2.45) is 0 Å². The van der Waals surface area contributed by atoms with Crippen LogP contribution in [0.5, 0.6) is 0 Å². The molecule has 1 unspecified atom stereocenters. The van der Waals surface area contributed by atoms with Crippen LogP contribution in [0.15, 0.2) is 23.0 Å². The van der Waals surface area contributed by atoms with Crippen LogP contribution in [0, 0.1) is 0 Å². The molecular weight excluding hydrogens is 744 g/mol. The highest BCUT2D eigenvalue weighted by molar-refractivity contribution is 5.90. The fraction of sp³-hybridized carbons (Fsp3) is 0.870. The molecule has 58 heavy (non-hydrogen) atoms. The van der Waals surface area contributed by atoms with Gasteiger partial charge in [-0.05, 0) is 38.5 Å². The zero-order valence-corrected chi connectivity index (χ0v) is 37.1. The summed E-state index contributed by atoms with van der Waals surface area (Å²) in [7, 11) is 0. The van der Waals surface area contributed by atoms with Crippen molar-refractivity contribution in [1.29, 1.82) is 0 Å². The summed E-state index contributed by atoms with van der Waals surface area (Å²) in [5.74, 6) is -3.60. The maximum atomic E-state index is 13.6. The van der Waals surface area contributed by atoms with Gasteiger partial charge in [0, 0.05) is 6.61 Å². The molecule has 0 aromatic rings. The normalized spacial score (nSPS) is 20.1. The highest BCUT2D eigenvalue weighted by Gasteiger charge is 2.66. The Morgan fingerprint density at radius 1 is 0.638 bits per heavy atom. The van der Waals surface area contributed by atoms with Crippen LogP contribution >= 0.6 is 0 Å². The van der Waals surface area contributed by atoms with Gasteiger partial charge in [-0.1, -0.05) is 169 Å². The molecule has 0 fully saturated rings. The molecule has 0 bridgehead atoms. The smallest absolute Gasteiger partial charge is 0.378 e. The average Bonchev–Trinajstić information content (AvgIpc) is 3.62. The number of unbranched alkanes of at least 4 members (excludes halogenated alkanes) is 19. The summed E-state index contributed by atoms with van der Waals surface area (Å²) in [6, 6.07) is 0. The summed E-state index contributed by atoms with van der Waals surface area (Å²) in [4.78, 5) is 24.1. The van der Waals surface area contributed by atoms with Gasteiger partial charge in [-0.2, -0.15) is 0 Å². The van der Waals surface area contributed by atoms with Crippen molar-refractivity contribution >= 4 is 11.9 Å². The topological polar surface area (TPSA) is 192 Å². The number of ether oxygens (including phenoxy) is 4. The van der Waals surface area contributed by atoms with E-state index < -0.39 is 59.6 Å². The quantitative estimate of drug-likeness (QED) is 0.0262. The molecule has 12 heteroatoms. The van der Waals surface area contributed by atoms with E-state index in [0.717, 1.165) is 122 Å². The van der Waals surface area contributed by atoms with Crippen LogP contribution in [0.4, 0.5) is 0 Å². The fourth-order valence-electron chi connectivity index (χ4n) is 7.88. The Morgan fingerprint density at radius 2 is 1.12 bits per heavy atom. The van der Waals surface area contributed by atoms with Crippen molar-refractivity contribution in [3.05, 3.63) is 23.0 Å². The van der Waals surface area contributed by atoms with Crippen LogP contribution in [0.2, 0.25) is 0 Å². The fourth-order valence-corrected chi connectivity index (χ4v) is 7.88. The largest absolute Gasteiger partial charge is 0.505 e. The van der Waals surface area contributed by atoms with Gasteiger partial charge in [0.05, 0.1) is 19.3 Å². The highest BCUT2D eigenvalue weighted by atomic mass is 16.6. The number of carbonyl (C=O) groups is 2. The SMILES string of the molecule is CCCCCCCCCC[C@]1([C@@](CCCCCC)(OCCCCCC)C(O)CCCCCC)OC(=O)C(OCCCCCC)=C1O.O=C1O[C@H]([C@@H](O)CO)C(O)=C1O. The molecule has 2 aliphatic rings. The van der Waals surface area contributed by atoms with Gasteiger partial charge in [-0.3, -0.25) is 0 Å². The summed E-state index contributed by atoms with van der Waals surface area (Å²) in [5.41, 5.74) is -2.68. The summed E-state index contributed by atoms with van der Waals surface area (Å²) < 4.78 is 23.7. The molecule has 2 aliphatic heterocycles. The Labute approximate surface area is 350 Å². The van der Waals surface area contributed by atoms with Gasteiger partial charge in [0.25, 0.3) is 0 Å². The Morgan fingerprint density at radius 3 is 1.64 bits per heavy atom. The molecular formula is C46H84O12. The van der Waals surface area contributed by atoms with E-state index in [1.807, 2.05) is 0 Å². The minimum atomic E-state index is -1.45. The number of rotatable bonds is 35. The third kappa shape index (κ3) is 17.2. The minimum Gasteiger partial charge on any atom is -0.505 e. The van der Waals surface area contributed by atoms with E-state index in [-0.39, 0.29) is 11.5 Å². The molecule has 12 nitrogen and oxygen atoms in total. The first-order chi connectivity index (χ1) is 28.0. The number of hydrogen-bond donors (Lipinski definition) is 6. The average molecular weight is 829 g/mol. The van der Waals surface area contributed by atoms with Crippen molar-refractivity contribution < 1.29 is 59.2 Å². The van der Waals surface area contributed by atoms with Gasteiger partial charge in [-0.25, -0.2) is 9.59 Å². The standard InChI is InChI=1S/C40H76O6.C6H8O6/c1-6-11-16-21-22-23-24-27-32-40(37(42)36(38(43)46-40)44-33-28-19-14-9-4)39(31-26-18-13-8-3,45-34-29-20-15-10-5)35(41)30-25-17-12-7-2;7-1-2(8)5-3(9)4(10)6(11)12-5/h35,41-42H,6-34H2,1-5H3;2,5,7-10H,1H2/t35?,39-,40-;2-,5+/m00/s1. The zero-order valence-electron chi connectivity index (χ0n) is 37.1. The van der Waals surface area contributed by atoms with Gasteiger partial charge in [0.15, 0.2) is 17.6 Å². The van der Waals surface area contributed by atoms with E-state index in [4.69, 9.17) is 34.6 Å². The third-order valence-electron chi connectivity index (χ3n) is 11.5. The molecule has 0 saturated carbocycles. The van der Waals surface area contributed by atoms with Crippen molar-refractivity contribution in [3.8, 4) is 0 Å². The number of aliphatic hydroxyl groups is 6. The molecule has 5 atom stereocenters. The molecule has 0 aromatic carbocycles. The molecule has 340 valence electrons. The molecule has 6 N–H and O–H groups in total. The Bertz CT molecular complexity index is 1170. The maximum Gasteiger partial charge on any atom is 0.378 e. The van der Waals surface area contributed by atoms with Gasteiger partial charge in [0.2, 0.25) is 17.1 Å². The van der Waals surface area contributed by atoms with E-state index in [0.29, 0.717) is 32.5 Å². The van der Waals surface area contributed by atoms with Crippen LogP contribution in [0.25, 0.3) is 0 Å². The highest BCUT2D eigenvalue weighted by Crippen LogP contribution is 2.51. The van der Waals surface area contributed by atoms with Crippen molar-refractivity contribution in [2.45, 2.75) is 237 Å². The third-order valence-corrected chi connectivity index (χ3v) is 11.5. The molecule has 0 spiro atoms. The zero-order chi connectivity index (χ0) is 43.2. The predicted octanol–water partition coefficient (Wildman–Crippen LogP) is 10.4. The molecule has 0 aliphatic carbocycles. The Balaban J connectivity index is 0.00000119. The lowest BCUT2D eigenvalue weighted by atomic mass is 9.70. The monoisotopic (exact) mass is 829 g/mol. The molecule has 0 saturated heterocycles. The number of cyclic esters (lactones) is 2. The van der Waals surface area contributed by atoms with E-state index >= 15 is 0 Å². The number of esters is 2. The Hall–Kier alpha value is -2.54. The first-order valence-electron chi connectivity index (χ1n) is 23.2. The number of carbonyl (C=O) groups excluding carboxylic acids is 2. The van der Waals surface area contributed by atoms with Crippen molar-refractivity contribution in [2.75, 3.05) is 19.8 Å². The van der Waals surface area contributed by atoms with E-state index in [2.05, 4.69) is 39.4 Å². The second-order valence-electron chi connectivity index (χ2n) is 16.3. The van der Waals surface area contributed by atoms with E-state index in [1.54, 1.807) is 0 Å². The van der Waals surface area contributed by atoms with Crippen LogP contribution in [0.3, 0.4) is 0 Å². The summed E-state index contributed by atoms with van der Waals surface area (Å²) in [6.45, 7) is 11.2. The van der Waals surface area contributed by atoms with E-state index in [1.165, 1.54) is 32.1 Å². The molecule has 2 rings (SSSR count). The van der Waals surface area contributed by atoms with Gasteiger partial charge in [-0.15, -0.1) is 0 Å². The number of hydrogen-bond acceptors (Lipinski definition) is 12. The summed E-state index contributed by atoms with van der Waals surface area (Å²) in [6.07, 6.45) is 23.4. The van der Waals surface area contributed by atoms with Gasteiger partial charge >= 0.3 is 11.9 Å². The van der Waals surface area contributed by atoms with Gasteiger partial charge < -0.3 is 49.6 Å². The second-order valence-corrected chi connectivity index (χ2v) is 16.3. The summed E-state index contributed by atoms with van der Waals surface area (Å²) >= 11 is 0. The summed E-state index contributed by atoms with van der Waals surface area (Å²) in [5, 5.41) is 59.4. The first kappa shape index (κ1) is 53.5. The lowest BCUT2D eigenvalue weighted by Crippen LogP contribution is -2.64. The Kier molecular flexibility index (Phi) is 28.9. The lowest BCUT2D eigenvalue weighted by Gasteiger charge is -2.49. The predicted molar refractivity (Wildman–Crippen MR) is 227 cm³/mol. The van der Waals surface area contributed by atoms with Crippen LogP contribution < -0.4 is 0 Å². The maximum absolute atomic E-state index is 13.6. The first-order valence-corrected chi connectivity index (χ1v) is 23.2.